The van der Waals surface area contributed by atoms with Crippen molar-refractivity contribution < 1.29 is 4.79 Å². The summed E-state index contributed by atoms with van der Waals surface area (Å²) in [6.07, 6.45) is 0.947. The zero-order valence-corrected chi connectivity index (χ0v) is 14.5. The van der Waals surface area contributed by atoms with Crippen molar-refractivity contribution >= 4 is 29.1 Å². The summed E-state index contributed by atoms with van der Waals surface area (Å²) in [5, 5.41) is 6.69. The first kappa shape index (κ1) is 17.2. The molecule has 6 heteroatoms. The number of aromatic nitrogens is 2. The molecule has 0 bridgehead atoms. The van der Waals surface area contributed by atoms with Crippen LogP contribution >= 0.6 is 11.6 Å². The number of hydrogen-bond donors (Lipinski definition) is 2. The fourth-order valence-corrected chi connectivity index (χ4v) is 2.25. The Kier molecular flexibility index (Phi) is 5.55. The van der Waals surface area contributed by atoms with E-state index >= 15 is 0 Å². The molecule has 0 aliphatic carbocycles. The molecule has 1 aromatic carbocycles. The Bertz CT molecular complexity index is 718. The molecule has 0 spiro atoms. The molecule has 0 aliphatic heterocycles. The van der Waals surface area contributed by atoms with Crippen LogP contribution < -0.4 is 10.6 Å². The second-order valence-corrected chi connectivity index (χ2v) is 6.02. The summed E-state index contributed by atoms with van der Waals surface area (Å²) in [5.41, 5.74) is 2.68. The van der Waals surface area contributed by atoms with Crippen molar-refractivity contribution in [1.29, 1.82) is 0 Å². The molecule has 0 aliphatic rings. The number of rotatable bonds is 5. The van der Waals surface area contributed by atoms with E-state index in [1.54, 1.807) is 24.3 Å². The lowest BCUT2D eigenvalue weighted by atomic mass is 10.2. The molecule has 2 aromatic rings. The molecule has 1 atom stereocenters. The third-order valence-corrected chi connectivity index (χ3v) is 3.75. The molecule has 0 saturated heterocycles. The van der Waals surface area contributed by atoms with Gasteiger partial charge >= 0.3 is 0 Å². The number of carbonyl (C=O) groups excluding carboxylic acids is 1. The average molecular weight is 333 g/mol. The Morgan fingerprint density at radius 2 is 2.00 bits per heavy atom. The van der Waals surface area contributed by atoms with E-state index in [2.05, 4.69) is 27.5 Å². The maximum absolute atomic E-state index is 12.4. The minimum absolute atomic E-state index is 0.242. The van der Waals surface area contributed by atoms with Gasteiger partial charge in [-0.1, -0.05) is 18.5 Å². The molecule has 5 nitrogen and oxygen atoms in total. The van der Waals surface area contributed by atoms with E-state index in [1.165, 1.54) is 0 Å². The Morgan fingerprint density at radius 1 is 1.26 bits per heavy atom. The Balaban J connectivity index is 2.21. The summed E-state index contributed by atoms with van der Waals surface area (Å²) >= 11 is 5.93. The van der Waals surface area contributed by atoms with Gasteiger partial charge < -0.3 is 10.6 Å². The van der Waals surface area contributed by atoms with Gasteiger partial charge in [-0.2, -0.15) is 0 Å². The number of aryl methyl sites for hydroxylation is 2. The molecule has 23 heavy (non-hydrogen) atoms. The first-order chi connectivity index (χ1) is 10.9. The van der Waals surface area contributed by atoms with Crippen molar-refractivity contribution in [2.45, 2.75) is 40.2 Å². The third-order valence-electron chi connectivity index (χ3n) is 3.51. The van der Waals surface area contributed by atoms with Gasteiger partial charge in [-0.25, -0.2) is 9.97 Å². The number of nitrogens with one attached hydrogen (secondary N) is 2. The third kappa shape index (κ3) is 4.66. The number of hydrogen-bond acceptors (Lipinski definition) is 4. The molecule has 2 N–H and O–H groups in total. The molecule has 1 amide bonds. The summed E-state index contributed by atoms with van der Waals surface area (Å²) < 4.78 is 0. The van der Waals surface area contributed by atoms with Crippen LogP contribution in [0, 0.1) is 13.8 Å². The lowest BCUT2D eigenvalue weighted by Crippen LogP contribution is -2.20. The van der Waals surface area contributed by atoms with Crippen LogP contribution in [0.25, 0.3) is 0 Å². The van der Waals surface area contributed by atoms with Crippen molar-refractivity contribution in [3.8, 4) is 0 Å². The van der Waals surface area contributed by atoms with Gasteiger partial charge in [0.15, 0.2) is 0 Å². The number of halogens is 1. The predicted octanol–water partition coefficient (Wildman–Crippen LogP) is 4.21. The van der Waals surface area contributed by atoms with E-state index in [0.717, 1.165) is 17.7 Å². The van der Waals surface area contributed by atoms with E-state index in [-0.39, 0.29) is 11.9 Å². The van der Waals surface area contributed by atoms with Crippen LogP contribution in [0.1, 0.15) is 42.0 Å². The molecule has 0 saturated carbocycles. The normalized spacial score (nSPS) is 11.9. The van der Waals surface area contributed by atoms with E-state index < -0.39 is 0 Å². The van der Waals surface area contributed by atoms with Gasteiger partial charge in [-0.3, -0.25) is 4.79 Å². The molecular weight excluding hydrogens is 312 g/mol. The van der Waals surface area contributed by atoms with Crippen LogP contribution in [-0.4, -0.2) is 21.9 Å². The SMILES string of the molecule is CCC(C)Nc1nc(C)cc(C(=O)Nc2ccc(Cl)cc2C)n1. The summed E-state index contributed by atoms with van der Waals surface area (Å²) in [7, 11) is 0. The minimum Gasteiger partial charge on any atom is -0.352 e. The Hall–Kier alpha value is -2.14. The molecule has 0 radical (unpaired) electrons. The molecule has 1 heterocycles. The Morgan fingerprint density at radius 3 is 2.65 bits per heavy atom. The van der Waals surface area contributed by atoms with Crippen LogP contribution in [0.5, 0.6) is 0 Å². The van der Waals surface area contributed by atoms with Gasteiger partial charge in [-0.05, 0) is 57.0 Å². The number of nitrogens with zero attached hydrogens (tertiary/aromatic N) is 2. The maximum Gasteiger partial charge on any atom is 0.274 e. The maximum atomic E-state index is 12.4. The second kappa shape index (κ2) is 7.42. The first-order valence-corrected chi connectivity index (χ1v) is 7.96. The van der Waals surface area contributed by atoms with Gasteiger partial charge in [0.25, 0.3) is 5.91 Å². The first-order valence-electron chi connectivity index (χ1n) is 7.58. The molecule has 1 aromatic heterocycles. The second-order valence-electron chi connectivity index (χ2n) is 5.59. The van der Waals surface area contributed by atoms with Crippen LogP contribution in [-0.2, 0) is 0 Å². The van der Waals surface area contributed by atoms with Gasteiger partial charge in [-0.15, -0.1) is 0 Å². The van der Waals surface area contributed by atoms with E-state index in [9.17, 15) is 4.79 Å². The highest BCUT2D eigenvalue weighted by molar-refractivity contribution is 6.30. The number of benzene rings is 1. The number of carbonyl (C=O) groups is 1. The molecule has 0 fully saturated rings. The summed E-state index contributed by atoms with van der Waals surface area (Å²) in [4.78, 5) is 21.1. The van der Waals surface area contributed by atoms with Crippen LogP contribution in [0.15, 0.2) is 24.3 Å². The highest BCUT2D eigenvalue weighted by Crippen LogP contribution is 2.20. The standard InChI is InChI=1S/C17H21ClN4O/c1-5-11(3)19-17-20-12(4)9-15(22-17)16(23)21-14-7-6-13(18)8-10(14)2/h6-9,11H,5H2,1-4H3,(H,21,23)(H,19,20,22). The topological polar surface area (TPSA) is 66.9 Å². The minimum atomic E-state index is -0.270. The zero-order chi connectivity index (χ0) is 17.0. The van der Waals surface area contributed by atoms with Gasteiger partial charge in [0, 0.05) is 22.4 Å². The van der Waals surface area contributed by atoms with Crippen molar-refractivity contribution in [1.82, 2.24) is 9.97 Å². The number of amides is 1. The lowest BCUT2D eigenvalue weighted by molar-refractivity contribution is 0.102. The van der Waals surface area contributed by atoms with E-state index in [1.807, 2.05) is 20.8 Å². The van der Waals surface area contributed by atoms with Crippen molar-refractivity contribution in [2.24, 2.45) is 0 Å². The van der Waals surface area contributed by atoms with Crippen LogP contribution in [0.2, 0.25) is 5.02 Å². The highest BCUT2D eigenvalue weighted by Gasteiger charge is 2.13. The van der Waals surface area contributed by atoms with E-state index in [4.69, 9.17) is 11.6 Å². The van der Waals surface area contributed by atoms with Crippen LogP contribution in [0.3, 0.4) is 0 Å². The quantitative estimate of drug-likeness (QED) is 0.860. The van der Waals surface area contributed by atoms with Gasteiger partial charge in [0.1, 0.15) is 5.69 Å². The van der Waals surface area contributed by atoms with Crippen molar-refractivity contribution in [3.05, 3.63) is 46.2 Å². The fourth-order valence-electron chi connectivity index (χ4n) is 2.03. The van der Waals surface area contributed by atoms with Crippen molar-refractivity contribution in [2.75, 3.05) is 10.6 Å². The largest absolute Gasteiger partial charge is 0.352 e. The summed E-state index contributed by atoms with van der Waals surface area (Å²) in [5.74, 6) is 0.199. The van der Waals surface area contributed by atoms with Gasteiger partial charge in [0.05, 0.1) is 0 Å². The molecular formula is C17H21ClN4O. The predicted molar refractivity (Wildman–Crippen MR) is 94.3 cm³/mol. The van der Waals surface area contributed by atoms with Gasteiger partial charge in [0.2, 0.25) is 5.95 Å². The fraction of sp³-hybridized carbons (Fsp3) is 0.353. The summed E-state index contributed by atoms with van der Waals surface area (Å²) in [6, 6.07) is 7.24. The summed E-state index contributed by atoms with van der Waals surface area (Å²) in [6.45, 7) is 7.85. The lowest BCUT2D eigenvalue weighted by Gasteiger charge is -2.13. The highest BCUT2D eigenvalue weighted by atomic mass is 35.5. The molecule has 2 rings (SSSR count). The number of anilines is 2. The Labute approximate surface area is 141 Å². The van der Waals surface area contributed by atoms with Crippen LogP contribution in [0.4, 0.5) is 11.6 Å². The van der Waals surface area contributed by atoms with E-state index in [0.29, 0.717) is 22.4 Å². The average Bonchev–Trinajstić information content (AvgIpc) is 2.49. The molecule has 122 valence electrons. The molecule has 1 unspecified atom stereocenters. The monoisotopic (exact) mass is 332 g/mol. The smallest absolute Gasteiger partial charge is 0.274 e. The van der Waals surface area contributed by atoms with Crippen molar-refractivity contribution in [3.63, 3.8) is 0 Å². The zero-order valence-electron chi connectivity index (χ0n) is 13.8.